The molecule has 0 aliphatic rings. The van der Waals surface area contributed by atoms with Gasteiger partial charge in [-0.25, -0.2) is 0 Å². The zero-order valence-corrected chi connectivity index (χ0v) is 13.9. The first-order chi connectivity index (χ1) is 9.43. The van der Waals surface area contributed by atoms with Gasteiger partial charge in [0, 0.05) is 12.1 Å². The van der Waals surface area contributed by atoms with E-state index in [9.17, 15) is 19.8 Å². The Kier molecular flexibility index (Phi) is 7.72. The predicted octanol–water partition coefficient (Wildman–Crippen LogP) is -1.03. The van der Waals surface area contributed by atoms with Crippen molar-refractivity contribution in [1.82, 2.24) is 0 Å². The number of benzene rings is 2. The van der Waals surface area contributed by atoms with E-state index in [4.69, 9.17) is 10.2 Å². The predicted molar refractivity (Wildman–Crippen MR) is 67.7 cm³/mol. The summed E-state index contributed by atoms with van der Waals surface area (Å²) in [5.41, 5.74) is -0.134. The number of hydrogen-bond donors (Lipinski definition) is 0. The molecule has 0 radical (unpaired) electrons. The number of aromatic carboxylic acids is 2. The minimum atomic E-state index is -1.30. The number of carbonyl (C=O) groups excluding carboxylic acids is 2. The summed E-state index contributed by atoms with van der Waals surface area (Å²) in [5, 5.41) is 34.5. The number of hydrogen-bond acceptors (Lipinski definition) is 4. The maximum absolute atomic E-state index is 10.2. The van der Waals surface area contributed by atoms with Crippen molar-refractivity contribution in [3.05, 3.63) is 59.7 Å². The molecule has 0 fully saturated rings. The second-order valence-corrected chi connectivity index (χ2v) is 3.67. The van der Waals surface area contributed by atoms with Crippen LogP contribution < -0.4 is 10.2 Å². The summed E-state index contributed by atoms with van der Waals surface area (Å²) < 4.78 is 0. The molecule has 0 saturated carbocycles. The average Bonchev–Trinajstić information content (AvgIpc) is 2.40. The Labute approximate surface area is 133 Å². The van der Waals surface area contributed by atoms with Gasteiger partial charge in [0.15, 0.2) is 0 Å². The standard InChI is InChI=1S/2C7H6O3.Zn/c2*8-6-4-2-1-3-5(6)7(9)10;/h2*1-4,8H,(H,9,10);/q;;+2. The first kappa shape index (κ1) is 18.6. The van der Waals surface area contributed by atoms with Crippen LogP contribution in [0, 0.1) is 0 Å². The van der Waals surface area contributed by atoms with Crippen LogP contribution in [0.25, 0.3) is 0 Å². The number of rotatable bonds is 2. The fourth-order valence-corrected chi connectivity index (χ4v) is 1.32. The van der Waals surface area contributed by atoms with Crippen molar-refractivity contribution in [3.63, 3.8) is 0 Å². The number of carboxylic acid groups (broad SMARTS) is 2. The molecule has 0 bridgehead atoms. The second kappa shape index (κ2) is 8.71. The van der Waals surface area contributed by atoms with Gasteiger partial charge in [0.05, 0.1) is 23.1 Å². The molecule has 21 heavy (non-hydrogen) atoms. The molecule has 2 rings (SSSR count). The first-order valence-corrected chi connectivity index (χ1v) is 5.47. The Balaban J connectivity index is 0.000000364. The van der Waals surface area contributed by atoms with E-state index in [2.05, 4.69) is 0 Å². The molecule has 0 heterocycles. The SMILES string of the molecule is O=C([O-])c1ccccc1[OH2+].O=C([O-])c1ccccc1[OH2+].[Zn+2]. The van der Waals surface area contributed by atoms with Crippen LogP contribution in [-0.2, 0) is 19.5 Å². The molecular formula is C14H12O6Zn+2. The van der Waals surface area contributed by atoms with Crippen LogP contribution in [0.3, 0.4) is 0 Å². The van der Waals surface area contributed by atoms with Crippen molar-refractivity contribution in [3.8, 4) is 11.5 Å². The topological polar surface area (TPSA) is 126 Å². The van der Waals surface area contributed by atoms with Gasteiger partial charge in [0.25, 0.3) is 11.5 Å². The molecule has 0 aliphatic carbocycles. The van der Waals surface area contributed by atoms with Crippen molar-refractivity contribution >= 4 is 11.9 Å². The average molecular weight is 342 g/mol. The Bertz CT molecular complexity index is 571. The van der Waals surface area contributed by atoms with E-state index in [1.165, 1.54) is 24.3 Å². The van der Waals surface area contributed by atoms with Gasteiger partial charge in [-0.1, -0.05) is 24.3 Å². The molecule has 0 unspecified atom stereocenters. The molecule has 0 spiro atoms. The third kappa shape index (κ3) is 5.62. The molecule has 0 atom stereocenters. The number of para-hydroxylation sites is 2. The van der Waals surface area contributed by atoms with E-state index in [1.807, 2.05) is 0 Å². The van der Waals surface area contributed by atoms with E-state index >= 15 is 0 Å². The molecule has 0 aliphatic heterocycles. The van der Waals surface area contributed by atoms with E-state index in [0.717, 1.165) is 0 Å². The van der Waals surface area contributed by atoms with Gasteiger partial charge in [-0.05, 0) is 12.1 Å². The van der Waals surface area contributed by atoms with E-state index in [-0.39, 0.29) is 42.1 Å². The van der Waals surface area contributed by atoms with Crippen LogP contribution in [0.5, 0.6) is 11.5 Å². The quantitative estimate of drug-likeness (QED) is 0.511. The van der Waals surface area contributed by atoms with Crippen molar-refractivity contribution in [2.45, 2.75) is 0 Å². The van der Waals surface area contributed by atoms with Gasteiger partial charge in [0.2, 0.25) is 0 Å². The maximum atomic E-state index is 10.2. The summed E-state index contributed by atoms with van der Waals surface area (Å²) in [7, 11) is 0. The number of carbonyl (C=O) groups is 2. The summed E-state index contributed by atoms with van der Waals surface area (Å²) in [6, 6.07) is 11.8. The molecule has 2 aromatic carbocycles. The smallest absolute Gasteiger partial charge is 0.593 e. The molecule has 0 aromatic heterocycles. The zero-order chi connectivity index (χ0) is 15.1. The minimum Gasteiger partial charge on any atom is -0.593 e. The normalized spacial score (nSPS) is 8.76. The van der Waals surface area contributed by atoms with Gasteiger partial charge in [-0.2, -0.15) is 0 Å². The van der Waals surface area contributed by atoms with Crippen LogP contribution in [0.1, 0.15) is 20.7 Å². The van der Waals surface area contributed by atoms with Crippen molar-refractivity contribution < 1.29 is 49.5 Å². The Hall–Kier alpha value is -2.40. The molecule has 4 N–H and O–H groups in total. The molecule has 0 amide bonds. The summed E-state index contributed by atoms with van der Waals surface area (Å²) in [5.74, 6) is -2.62. The summed E-state index contributed by atoms with van der Waals surface area (Å²) in [6.45, 7) is 0. The summed E-state index contributed by atoms with van der Waals surface area (Å²) in [4.78, 5) is 20.4. The van der Waals surface area contributed by atoms with Crippen LogP contribution >= 0.6 is 0 Å². The number of carboxylic acids is 2. The maximum Gasteiger partial charge on any atom is 2.00 e. The first-order valence-electron chi connectivity index (χ1n) is 5.47. The van der Waals surface area contributed by atoms with Crippen molar-refractivity contribution in [2.24, 2.45) is 0 Å². The van der Waals surface area contributed by atoms with Gasteiger partial charge < -0.3 is 30.0 Å². The third-order valence-electron chi connectivity index (χ3n) is 2.29. The van der Waals surface area contributed by atoms with Crippen molar-refractivity contribution in [2.75, 3.05) is 0 Å². The molecule has 2 aromatic rings. The fourth-order valence-electron chi connectivity index (χ4n) is 1.32. The monoisotopic (exact) mass is 340 g/mol. The second-order valence-electron chi connectivity index (χ2n) is 3.67. The van der Waals surface area contributed by atoms with Gasteiger partial charge in [0.1, 0.15) is 0 Å². The Morgan fingerprint density at radius 2 is 1.00 bits per heavy atom. The van der Waals surface area contributed by atoms with Crippen LogP contribution in [0.4, 0.5) is 0 Å². The van der Waals surface area contributed by atoms with Gasteiger partial charge in [-0.15, -0.1) is 0 Å². The van der Waals surface area contributed by atoms with Crippen LogP contribution in [0.2, 0.25) is 0 Å². The molecule has 6 nitrogen and oxygen atoms in total. The Morgan fingerprint density at radius 1 is 0.714 bits per heavy atom. The van der Waals surface area contributed by atoms with E-state index < -0.39 is 11.9 Å². The largest absolute Gasteiger partial charge is 2.00 e. The summed E-state index contributed by atoms with van der Waals surface area (Å²) in [6.07, 6.45) is 0. The third-order valence-corrected chi connectivity index (χ3v) is 2.29. The minimum absolute atomic E-state index is 0. The van der Waals surface area contributed by atoms with E-state index in [0.29, 0.717) is 0 Å². The molecule has 0 saturated heterocycles. The molecule has 104 valence electrons. The Morgan fingerprint density at radius 3 is 1.19 bits per heavy atom. The molecular weight excluding hydrogens is 330 g/mol. The van der Waals surface area contributed by atoms with Crippen molar-refractivity contribution in [1.29, 1.82) is 0 Å². The zero-order valence-electron chi connectivity index (χ0n) is 11.0. The van der Waals surface area contributed by atoms with Gasteiger partial charge in [-0.3, -0.25) is 0 Å². The van der Waals surface area contributed by atoms with E-state index in [1.54, 1.807) is 24.3 Å². The fraction of sp³-hybridized carbons (Fsp3) is 0. The summed E-state index contributed by atoms with van der Waals surface area (Å²) >= 11 is 0. The van der Waals surface area contributed by atoms with Gasteiger partial charge >= 0.3 is 19.5 Å². The van der Waals surface area contributed by atoms with Crippen LogP contribution in [-0.4, -0.2) is 22.2 Å². The molecule has 7 heteroatoms. The van der Waals surface area contributed by atoms with Crippen LogP contribution in [0.15, 0.2) is 48.5 Å².